The number of benzene rings is 2. The van der Waals surface area contributed by atoms with Crippen molar-refractivity contribution in [3.8, 4) is 11.6 Å². The van der Waals surface area contributed by atoms with E-state index in [1.807, 2.05) is 25.1 Å². The summed E-state index contributed by atoms with van der Waals surface area (Å²) in [5.74, 6) is -0.190. The molecule has 1 spiro atoms. The largest absolute Gasteiger partial charge is 0.490 e. The van der Waals surface area contributed by atoms with Crippen molar-refractivity contribution in [1.29, 1.82) is 0 Å². The van der Waals surface area contributed by atoms with Gasteiger partial charge in [0.25, 0.3) is 11.8 Å². The fourth-order valence-corrected chi connectivity index (χ4v) is 10.6. The highest BCUT2D eigenvalue weighted by molar-refractivity contribution is 7.92. The standard InChI is InChI=1S/C40H50ClN5O7S/c1-26-7-5-9-35(51-4)31-13-10-29(31)21-46-24-40(16-6-8-27-19-30(41)12-14-33(27)40)25-53-36-15-11-28(20-34(36)46)37(47)43-54(49,23-26)44-38(48)32-22-45(2)42-39(32)52-18-17-50-3/h5,9,11-12,14-15,19-20,22,26,29,31,35H,6-8,10,13,16-18,21,23-25H2,1-4H3,(H,43,44,47,48,49)/b9-5-/t26-,29-,31+,35-,40-,54?/m0/s1. The molecule has 4 aliphatic rings. The summed E-state index contributed by atoms with van der Waals surface area (Å²) in [7, 11) is 1.32. The molecule has 7 rings (SSSR count). The van der Waals surface area contributed by atoms with Crippen LogP contribution in [0.4, 0.5) is 5.69 Å². The van der Waals surface area contributed by atoms with E-state index in [-0.39, 0.29) is 46.8 Å². The lowest BCUT2D eigenvalue weighted by Gasteiger charge is -2.46. The van der Waals surface area contributed by atoms with Gasteiger partial charge in [0.1, 0.15) is 27.8 Å². The van der Waals surface area contributed by atoms with Gasteiger partial charge in [0.2, 0.25) is 5.88 Å². The van der Waals surface area contributed by atoms with Crippen molar-refractivity contribution in [2.24, 2.45) is 29.2 Å². The summed E-state index contributed by atoms with van der Waals surface area (Å²) >= 11 is 6.47. The Hall–Kier alpha value is -3.91. The van der Waals surface area contributed by atoms with Gasteiger partial charge >= 0.3 is 0 Å². The van der Waals surface area contributed by atoms with Gasteiger partial charge in [-0.15, -0.1) is 9.46 Å². The van der Waals surface area contributed by atoms with Gasteiger partial charge in [-0.1, -0.05) is 36.7 Å². The highest BCUT2D eigenvalue weighted by Gasteiger charge is 2.44. The number of amides is 2. The first-order valence-corrected chi connectivity index (χ1v) is 20.8. The van der Waals surface area contributed by atoms with E-state index >= 15 is 0 Å². The molecule has 0 radical (unpaired) electrons. The molecular weight excluding hydrogens is 730 g/mol. The number of rotatable bonds is 7. The topological polar surface area (TPSA) is 134 Å². The minimum absolute atomic E-state index is 0.0508. The molecule has 2 aromatic carbocycles. The smallest absolute Gasteiger partial charge is 0.286 e. The third kappa shape index (κ3) is 8.05. The van der Waals surface area contributed by atoms with Crippen LogP contribution in [0, 0.1) is 17.8 Å². The average molecular weight is 780 g/mol. The van der Waals surface area contributed by atoms with Crippen molar-refractivity contribution in [1.82, 2.24) is 14.5 Å². The lowest BCUT2D eigenvalue weighted by molar-refractivity contribution is 0.0131. The molecule has 1 aromatic heterocycles. The minimum atomic E-state index is -3.64. The second-order valence-corrected chi connectivity index (χ2v) is 17.7. The Bertz CT molecular complexity index is 2040. The fourth-order valence-electron chi connectivity index (χ4n) is 8.52. The van der Waals surface area contributed by atoms with Crippen molar-refractivity contribution in [2.45, 2.75) is 57.0 Å². The van der Waals surface area contributed by atoms with Crippen LogP contribution in [0.2, 0.25) is 5.02 Å². The lowest BCUT2D eigenvalue weighted by atomic mass is 9.68. The van der Waals surface area contributed by atoms with E-state index in [0.717, 1.165) is 49.4 Å². The number of allylic oxidation sites excluding steroid dienone is 1. The monoisotopic (exact) mass is 779 g/mol. The number of anilines is 1. The molecule has 2 aliphatic heterocycles. The van der Waals surface area contributed by atoms with Crippen LogP contribution < -0.4 is 19.1 Å². The van der Waals surface area contributed by atoms with Crippen LogP contribution >= 0.6 is 11.6 Å². The number of nitrogens with one attached hydrogen (secondary N) is 1. The van der Waals surface area contributed by atoms with Gasteiger partial charge < -0.3 is 23.8 Å². The van der Waals surface area contributed by atoms with E-state index in [1.54, 1.807) is 27.3 Å². The van der Waals surface area contributed by atoms with Crippen LogP contribution in [0.3, 0.4) is 0 Å². The minimum Gasteiger partial charge on any atom is -0.490 e. The average Bonchev–Trinajstić information content (AvgIpc) is 3.43. The van der Waals surface area contributed by atoms with Crippen LogP contribution in [0.25, 0.3) is 0 Å². The molecule has 290 valence electrons. The summed E-state index contributed by atoms with van der Waals surface area (Å²) < 4.78 is 46.5. The number of halogens is 1. The molecule has 3 heterocycles. The van der Waals surface area contributed by atoms with E-state index in [0.29, 0.717) is 43.8 Å². The molecule has 14 heteroatoms. The Morgan fingerprint density at radius 1 is 1.17 bits per heavy atom. The first-order valence-electron chi connectivity index (χ1n) is 18.8. The van der Waals surface area contributed by atoms with Crippen molar-refractivity contribution in [2.75, 3.05) is 57.8 Å². The van der Waals surface area contributed by atoms with Gasteiger partial charge in [0.05, 0.1) is 30.8 Å². The highest BCUT2D eigenvalue weighted by atomic mass is 35.5. The van der Waals surface area contributed by atoms with E-state index in [9.17, 15) is 13.8 Å². The van der Waals surface area contributed by atoms with Crippen LogP contribution in [-0.4, -0.2) is 84.8 Å². The maximum Gasteiger partial charge on any atom is 0.286 e. The van der Waals surface area contributed by atoms with Crippen LogP contribution in [0.5, 0.6) is 11.6 Å². The third-order valence-electron chi connectivity index (χ3n) is 11.3. The van der Waals surface area contributed by atoms with Gasteiger partial charge in [-0.05, 0) is 97.7 Å². The van der Waals surface area contributed by atoms with E-state index < -0.39 is 21.7 Å². The number of nitrogens with zero attached hydrogens (tertiary/aromatic N) is 4. The number of methoxy groups -OCH3 is 2. The number of carbonyl (C=O) groups excluding carboxylic acids is 2. The zero-order valence-electron chi connectivity index (χ0n) is 31.4. The molecule has 3 aromatic rings. The predicted octanol–water partition coefficient (Wildman–Crippen LogP) is 6.16. The summed E-state index contributed by atoms with van der Waals surface area (Å²) in [6.07, 6.45) is 11.2. The Labute approximate surface area is 322 Å². The molecule has 2 aliphatic carbocycles. The number of aryl methyl sites for hydroxylation is 2. The van der Waals surface area contributed by atoms with Crippen molar-refractivity contribution in [3.63, 3.8) is 0 Å². The summed E-state index contributed by atoms with van der Waals surface area (Å²) in [5, 5.41) is 4.98. The zero-order chi connectivity index (χ0) is 38.0. The molecule has 1 unspecified atom stereocenters. The molecule has 2 amide bonds. The molecule has 6 atom stereocenters. The number of aromatic nitrogens is 2. The van der Waals surface area contributed by atoms with E-state index in [4.69, 9.17) is 30.5 Å². The van der Waals surface area contributed by atoms with Crippen LogP contribution in [-0.2, 0) is 38.3 Å². The second-order valence-electron chi connectivity index (χ2n) is 15.3. The summed E-state index contributed by atoms with van der Waals surface area (Å²) in [6.45, 7) is 4.34. The Morgan fingerprint density at radius 2 is 2.02 bits per heavy atom. The Kier molecular flexibility index (Phi) is 11.4. The number of carbonyl (C=O) groups is 2. The first kappa shape index (κ1) is 38.4. The summed E-state index contributed by atoms with van der Waals surface area (Å²) in [6, 6.07) is 11.5. The maximum absolute atomic E-state index is 14.7. The zero-order valence-corrected chi connectivity index (χ0v) is 33.0. The van der Waals surface area contributed by atoms with Gasteiger partial charge in [0, 0.05) is 56.6 Å². The second kappa shape index (κ2) is 16.1. The lowest BCUT2D eigenvalue weighted by Crippen LogP contribution is -2.49. The molecule has 54 heavy (non-hydrogen) atoms. The van der Waals surface area contributed by atoms with Crippen molar-refractivity contribution >= 4 is 39.0 Å². The molecular formula is C40H50ClN5O7S. The Balaban J connectivity index is 1.28. The highest BCUT2D eigenvalue weighted by Crippen LogP contribution is 2.47. The summed E-state index contributed by atoms with van der Waals surface area (Å²) in [5.41, 5.74) is 3.38. The molecule has 0 saturated heterocycles. The number of hydrogen-bond acceptors (Lipinski definition) is 9. The SMILES string of the molecule is COCCOc1nn(C)cc1C(=O)NS1(=O)=NC(=O)c2ccc3c(c2)N(C[C@@H]2CC[C@H]2[C@@H](OC)/C=C\C[C@H](C)C1)C[C@@]1(CCCc2cc(Cl)ccc21)CO3. The van der Waals surface area contributed by atoms with Crippen molar-refractivity contribution in [3.05, 3.63) is 82.0 Å². The van der Waals surface area contributed by atoms with Gasteiger partial charge in [0.15, 0.2) is 0 Å². The molecule has 1 saturated carbocycles. The molecule has 2 bridgehead atoms. The number of hydrogen-bond donors (Lipinski definition) is 1. The van der Waals surface area contributed by atoms with Gasteiger partial charge in [-0.3, -0.25) is 19.0 Å². The van der Waals surface area contributed by atoms with Crippen molar-refractivity contribution < 1.29 is 32.7 Å². The van der Waals surface area contributed by atoms with E-state index in [1.165, 1.54) is 22.0 Å². The molecule has 1 N–H and O–H groups in total. The van der Waals surface area contributed by atoms with E-state index in [2.05, 4.69) is 43.4 Å². The number of ether oxygens (including phenoxy) is 4. The summed E-state index contributed by atoms with van der Waals surface area (Å²) in [4.78, 5) is 30.2. The van der Waals surface area contributed by atoms with Gasteiger partial charge in [-0.25, -0.2) is 4.21 Å². The number of fused-ring (bicyclic) bond motifs is 4. The third-order valence-corrected chi connectivity index (χ3v) is 13.6. The Morgan fingerprint density at radius 3 is 2.80 bits per heavy atom. The van der Waals surface area contributed by atoms with Crippen LogP contribution in [0.1, 0.15) is 70.9 Å². The molecule has 12 nitrogen and oxygen atoms in total. The quantitative estimate of drug-likeness (QED) is 0.221. The first-order chi connectivity index (χ1) is 26.0. The van der Waals surface area contributed by atoms with Gasteiger partial charge in [-0.2, -0.15) is 0 Å². The predicted molar refractivity (Wildman–Crippen MR) is 208 cm³/mol. The fraction of sp³-hybridized carbons (Fsp3) is 0.525. The maximum atomic E-state index is 14.7. The van der Waals surface area contributed by atoms with Crippen LogP contribution in [0.15, 0.2) is 59.1 Å². The molecule has 1 fully saturated rings. The normalized spacial score (nSPS) is 28.8.